The zero-order chi connectivity index (χ0) is 19.8. The predicted molar refractivity (Wildman–Crippen MR) is 105 cm³/mol. The quantitative estimate of drug-likeness (QED) is 0.521. The second-order valence-corrected chi connectivity index (χ2v) is 7.39. The maximum Gasteiger partial charge on any atom is 0.303 e. The first kappa shape index (κ1) is 20.9. The molecule has 0 saturated heterocycles. The van der Waals surface area contributed by atoms with Gasteiger partial charge in [0.25, 0.3) is 0 Å². The predicted octanol–water partition coefficient (Wildman–Crippen LogP) is 4.12. The SMILES string of the molecule is O=C(O)CCC(=O)Nc1ccc(SCC(=O)Nc2ccc(Br)cc2F)cc1. The van der Waals surface area contributed by atoms with Crippen LogP contribution < -0.4 is 10.6 Å². The molecule has 27 heavy (non-hydrogen) atoms. The fraction of sp³-hybridized carbons (Fsp3) is 0.167. The van der Waals surface area contributed by atoms with Gasteiger partial charge in [0.2, 0.25) is 11.8 Å². The van der Waals surface area contributed by atoms with Gasteiger partial charge in [0.05, 0.1) is 17.9 Å². The van der Waals surface area contributed by atoms with Crippen LogP contribution >= 0.6 is 27.7 Å². The lowest BCUT2D eigenvalue weighted by molar-refractivity contribution is -0.138. The maximum atomic E-state index is 13.7. The number of carboxylic acids is 1. The van der Waals surface area contributed by atoms with E-state index in [9.17, 15) is 18.8 Å². The van der Waals surface area contributed by atoms with Crippen LogP contribution in [0.2, 0.25) is 0 Å². The molecule has 0 spiro atoms. The van der Waals surface area contributed by atoms with E-state index in [-0.39, 0.29) is 36.1 Å². The maximum absolute atomic E-state index is 13.7. The summed E-state index contributed by atoms with van der Waals surface area (Å²) in [5.74, 6) is -2.18. The van der Waals surface area contributed by atoms with E-state index in [4.69, 9.17) is 5.11 Å². The molecule has 2 aromatic carbocycles. The molecule has 0 saturated carbocycles. The molecule has 3 N–H and O–H groups in total. The van der Waals surface area contributed by atoms with E-state index >= 15 is 0 Å². The first-order chi connectivity index (χ1) is 12.8. The molecule has 0 fully saturated rings. The number of anilines is 2. The summed E-state index contributed by atoms with van der Waals surface area (Å²) < 4.78 is 14.3. The number of hydrogen-bond acceptors (Lipinski definition) is 4. The van der Waals surface area contributed by atoms with E-state index in [0.29, 0.717) is 10.2 Å². The molecule has 0 aliphatic carbocycles. The minimum Gasteiger partial charge on any atom is -0.481 e. The second-order valence-electron chi connectivity index (χ2n) is 5.43. The molecule has 142 valence electrons. The van der Waals surface area contributed by atoms with Gasteiger partial charge in [-0.25, -0.2) is 4.39 Å². The Morgan fingerprint density at radius 3 is 2.33 bits per heavy atom. The van der Waals surface area contributed by atoms with Crippen molar-refractivity contribution in [3.05, 3.63) is 52.8 Å². The van der Waals surface area contributed by atoms with Crippen molar-refractivity contribution in [2.75, 3.05) is 16.4 Å². The number of nitrogens with one attached hydrogen (secondary N) is 2. The summed E-state index contributed by atoms with van der Waals surface area (Å²) in [5, 5.41) is 13.7. The highest BCUT2D eigenvalue weighted by Crippen LogP contribution is 2.22. The van der Waals surface area contributed by atoms with Crippen molar-refractivity contribution < 1.29 is 23.9 Å². The van der Waals surface area contributed by atoms with Crippen molar-refractivity contribution in [1.29, 1.82) is 0 Å². The topological polar surface area (TPSA) is 95.5 Å². The third-order valence-corrected chi connectivity index (χ3v) is 4.78. The number of amides is 2. The Bertz CT molecular complexity index is 846. The summed E-state index contributed by atoms with van der Waals surface area (Å²) in [7, 11) is 0. The molecule has 0 aliphatic heterocycles. The lowest BCUT2D eigenvalue weighted by Crippen LogP contribution is -2.15. The van der Waals surface area contributed by atoms with Crippen LogP contribution in [0, 0.1) is 5.82 Å². The van der Waals surface area contributed by atoms with Gasteiger partial charge in [0.1, 0.15) is 5.82 Å². The highest BCUT2D eigenvalue weighted by atomic mass is 79.9. The summed E-state index contributed by atoms with van der Waals surface area (Å²) in [6.07, 6.45) is -0.327. The number of carbonyl (C=O) groups is 3. The van der Waals surface area contributed by atoms with E-state index in [1.54, 1.807) is 30.3 Å². The zero-order valence-corrected chi connectivity index (χ0v) is 16.4. The van der Waals surface area contributed by atoms with E-state index in [0.717, 1.165) is 4.90 Å². The summed E-state index contributed by atoms with van der Waals surface area (Å²) in [6.45, 7) is 0. The third-order valence-electron chi connectivity index (χ3n) is 3.28. The van der Waals surface area contributed by atoms with Gasteiger partial charge in [-0.05, 0) is 42.5 Å². The fourth-order valence-electron chi connectivity index (χ4n) is 2.00. The Hall–Kier alpha value is -2.39. The number of rotatable bonds is 8. The van der Waals surface area contributed by atoms with Crippen LogP contribution in [-0.4, -0.2) is 28.6 Å². The van der Waals surface area contributed by atoms with Crippen LogP contribution in [0.3, 0.4) is 0 Å². The number of halogens is 2. The van der Waals surface area contributed by atoms with Gasteiger partial charge in [0.15, 0.2) is 0 Å². The Morgan fingerprint density at radius 1 is 1.00 bits per heavy atom. The highest BCUT2D eigenvalue weighted by molar-refractivity contribution is 9.10. The number of carbonyl (C=O) groups excluding carboxylic acids is 2. The molecule has 2 aromatic rings. The van der Waals surface area contributed by atoms with Crippen LogP contribution in [0.5, 0.6) is 0 Å². The van der Waals surface area contributed by atoms with Crippen LogP contribution in [-0.2, 0) is 14.4 Å². The molecule has 0 atom stereocenters. The van der Waals surface area contributed by atoms with Gasteiger partial charge in [0, 0.05) is 21.5 Å². The molecule has 6 nitrogen and oxygen atoms in total. The molecular formula is C18H16BrFN2O4S. The number of hydrogen-bond donors (Lipinski definition) is 3. The van der Waals surface area contributed by atoms with Gasteiger partial charge in [-0.1, -0.05) is 15.9 Å². The third kappa shape index (κ3) is 7.40. The van der Waals surface area contributed by atoms with Crippen LogP contribution in [0.4, 0.5) is 15.8 Å². The standard InChI is InChI=1S/C18H16BrFN2O4S/c19-11-1-6-15(14(20)9-11)22-17(24)10-27-13-4-2-12(3-5-13)21-16(23)7-8-18(25)26/h1-6,9H,7-8,10H2,(H,21,23)(H,22,24)(H,25,26). The average Bonchev–Trinajstić information content (AvgIpc) is 2.62. The molecule has 2 rings (SSSR count). The summed E-state index contributed by atoms with van der Waals surface area (Å²) in [4.78, 5) is 34.8. The molecule has 0 radical (unpaired) electrons. The Kier molecular flexibility index (Phi) is 7.81. The zero-order valence-electron chi connectivity index (χ0n) is 14.0. The van der Waals surface area contributed by atoms with Gasteiger partial charge in [-0.2, -0.15) is 0 Å². The summed E-state index contributed by atoms with van der Waals surface area (Å²) >= 11 is 4.41. The van der Waals surface area contributed by atoms with Crippen molar-refractivity contribution in [1.82, 2.24) is 0 Å². The van der Waals surface area contributed by atoms with Crippen molar-refractivity contribution in [3.8, 4) is 0 Å². The normalized spacial score (nSPS) is 10.3. The van der Waals surface area contributed by atoms with Crippen LogP contribution in [0.1, 0.15) is 12.8 Å². The molecule has 0 aromatic heterocycles. The Labute approximate surface area is 167 Å². The molecular weight excluding hydrogens is 439 g/mol. The van der Waals surface area contributed by atoms with Gasteiger partial charge >= 0.3 is 5.97 Å². The first-order valence-electron chi connectivity index (χ1n) is 7.83. The smallest absolute Gasteiger partial charge is 0.303 e. The molecule has 0 heterocycles. The number of carboxylic acid groups (broad SMARTS) is 1. The number of thioether (sulfide) groups is 1. The average molecular weight is 455 g/mol. The van der Waals surface area contributed by atoms with Crippen molar-refractivity contribution in [2.24, 2.45) is 0 Å². The van der Waals surface area contributed by atoms with E-state index in [1.165, 1.54) is 23.9 Å². The van der Waals surface area contributed by atoms with Crippen LogP contribution in [0.25, 0.3) is 0 Å². The fourth-order valence-corrected chi connectivity index (χ4v) is 3.04. The Balaban J connectivity index is 1.81. The monoisotopic (exact) mass is 454 g/mol. The largest absolute Gasteiger partial charge is 0.481 e. The van der Waals surface area contributed by atoms with Crippen molar-refractivity contribution in [2.45, 2.75) is 17.7 Å². The molecule has 0 aliphatic rings. The number of aliphatic carboxylic acids is 1. The van der Waals surface area contributed by atoms with Crippen molar-refractivity contribution in [3.63, 3.8) is 0 Å². The molecule has 0 unspecified atom stereocenters. The lowest BCUT2D eigenvalue weighted by Gasteiger charge is -2.08. The van der Waals surface area contributed by atoms with E-state index in [1.807, 2.05) is 0 Å². The first-order valence-corrected chi connectivity index (χ1v) is 9.61. The number of benzene rings is 2. The van der Waals surface area contributed by atoms with E-state index in [2.05, 4.69) is 26.6 Å². The van der Waals surface area contributed by atoms with Gasteiger partial charge in [-0.15, -0.1) is 11.8 Å². The van der Waals surface area contributed by atoms with Crippen LogP contribution in [0.15, 0.2) is 51.8 Å². The minimum absolute atomic E-state index is 0.0970. The Morgan fingerprint density at radius 2 is 1.70 bits per heavy atom. The minimum atomic E-state index is -1.03. The highest BCUT2D eigenvalue weighted by Gasteiger charge is 2.09. The summed E-state index contributed by atoms with van der Waals surface area (Å²) in [6, 6.07) is 11.2. The lowest BCUT2D eigenvalue weighted by atomic mass is 10.2. The molecule has 2 amide bonds. The van der Waals surface area contributed by atoms with Gasteiger partial charge in [-0.3, -0.25) is 14.4 Å². The van der Waals surface area contributed by atoms with E-state index < -0.39 is 11.8 Å². The molecule has 9 heteroatoms. The second kappa shape index (κ2) is 10.1. The summed E-state index contributed by atoms with van der Waals surface area (Å²) in [5.41, 5.74) is 0.652. The van der Waals surface area contributed by atoms with Crippen molar-refractivity contribution >= 4 is 56.9 Å². The molecule has 0 bridgehead atoms. The van der Waals surface area contributed by atoms with Gasteiger partial charge < -0.3 is 15.7 Å².